The number of nitrogens with zero attached hydrogens (tertiary/aromatic N) is 3. The van der Waals surface area contributed by atoms with Crippen LogP contribution in [0.2, 0.25) is 0 Å². The summed E-state index contributed by atoms with van der Waals surface area (Å²) >= 11 is 1.61. The van der Waals surface area contributed by atoms with E-state index in [1.54, 1.807) is 23.7 Å². The lowest BCUT2D eigenvalue weighted by molar-refractivity contribution is 0.620. The van der Waals surface area contributed by atoms with Gasteiger partial charge < -0.3 is 5.73 Å². The van der Waals surface area contributed by atoms with E-state index in [2.05, 4.69) is 21.9 Å². The zero-order chi connectivity index (χ0) is 10.7. The van der Waals surface area contributed by atoms with E-state index < -0.39 is 0 Å². The fraction of sp³-hybridized carbons (Fsp3) is 0.500. The van der Waals surface area contributed by atoms with Gasteiger partial charge in [0.2, 0.25) is 0 Å². The monoisotopic (exact) mass is 222 g/mol. The quantitative estimate of drug-likeness (QED) is 0.858. The molecule has 0 saturated carbocycles. The minimum absolute atomic E-state index is 0.357. The van der Waals surface area contributed by atoms with Crippen molar-refractivity contribution in [2.45, 2.75) is 25.7 Å². The van der Waals surface area contributed by atoms with Gasteiger partial charge in [0, 0.05) is 24.9 Å². The number of fused-ring (bicyclic) bond motifs is 1. The molecule has 2 rings (SSSR count). The molecule has 1 unspecified atom stereocenters. The molecule has 80 valence electrons. The minimum atomic E-state index is 0.357. The van der Waals surface area contributed by atoms with Crippen molar-refractivity contribution in [2.75, 3.05) is 6.54 Å². The molecule has 1 atom stereocenters. The predicted molar refractivity (Wildman–Crippen MR) is 61.9 cm³/mol. The van der Waals surface area contributed by atoms with E-state index in [0.29, 0.717) is 12.5 Å². The zero-order valence-electron chi connectivity index (χ0n) is 8.68. The molecule has 4 nitrogen and oxygen atoms in total. The van der Waals surface area contributed by atoms with Gasteiger partial charge in [-0.1, -0.05) is 24.7 Å². The van der Waals surface area contributed by atoms with Crippen molar-refractivity contribution in [3.63, 3.8) is 0 Å². The summed E-state index contributed by atoms with van der Waals surface area (Å²) < 4.78 is 0. The maximum atomic E-state index is 5.74. The van der Waals surface area contributed by atoms with Crippen LogP contribution in [0.1, 0.15) is 30.7 Å². The van der Waals surface area contributed by atoms with Gasteiger partial charge in [0.25, 0.3) is 0 Å². The lowest BCUT2D eigenvalue weighted by atomic mass is 10.1. The van der Waals surface area contributed by atoms with Crippen LogP contribution in [0.5, 0.6) is 0 Å². The molecule has 0 spiro atoms. The van der Waals surface area contributed by atoms with Crippen LogP contribution in [0.25, 0.3) is 10.5 Å². The molecular weight excluding hydrogens is 208 g/mol. The van der Waals surface area contributed by atoms with Crippen molar-refractivity contribution in [1.29, 1.82) is 0 Å². The van der Waals surface area contributed by atoms with E-state index in [1.807, 2.05) is 0 Å². The minimum Gasteiger partial charge on any atom is -0.330 e. The Kier molecular flexibility index (Phi) is 3.23. The van der Waals surface area contributed by atoms with E-state index in [9.17, 15) is 0 Å². The molecule has 2 heterocycles. The van der Waals surface area contributed by atoms with Crippen LogP contribution in [0.15, 0.2) is 12.4 Å². The molecule has 2 N–H and O–H groups in total. The summed E-state index contributed by atoms with van der Waals surface area (Å²) in [7, 11) is 0. The lowest BCUT2D eigenvalue weighted by Crippen LogP contribution is -2.11. The number of hydrogen-bond acceptors (Lipinski definition) is 5. The normalized spacial score (nSPS) is 13.2. The fourth-order valence-electron chi connectivity index (χ4n) is 1.56. The van der Waals surface area contributed by atoms with Crippen LogP contribution in [0.3, 0.4) is 0 Å². The van der Waals surface area contributed by atoms with Crippen LogP contribution < -0.4 is 5.73 Å². The Labute approximate surface area is 92.6 Å². The van der Waals surface area contributed by atoms with Gasteiger partial charge in [0.05, 0.1) is 0 Å². The third-order valence-electron chi connectivity index (χ3n) is 2.33. The van der Waals surface area contributed by atoms with Crippen molar-refractivity contribution in [2.24, 2.45) is 5.73 Å². The van der Waals surface area contributed by atoms with E-state index >= 15 is 0 Å². The highest BCUT2D eigenvalue weighted by molar-refractivity contribution is 7.18. The van der Waals surface area contributed by atoms with Crippen LogP contribution >= 0.6 is 11.3 Å². The number of rotatable bonds is 4. The summed E-state index contributed by atoms with van der Waals surface area (Å²) in [5.41, 5.74) is 6.48. The number of nitrogens with two attached hydrogens (primary N) is 1. The van der Waals surface area contributed by atoms with Gasteiger partial charge in [-0.2, -0.15) is 0 Å². The molecule has 0 saturated heterocycles. The van der Waals surface area contributed by atoms with E-state index in [-0.39, 0.29) is 0 Å². The highest BCUT2D eigenvalue weighted by Crippen LogP contribution is 2.27. The second-order valence-corrected chi connectivity index (χ2v) is 4.47. The van der Waals surface area contributed by atoms with E-state index in [4.69, 9.17) is 5.73 Å². The van der Waals surface area contributed by atoms with Crippen LogP contribution in [0.4, 0.5) is 0 Å². The van der Waals surface area contributed by atoms with Crippen LogP contribution in [-0.2, 0) is 0 Å². The van der Waals surface area contributed by atoms with Crippen molar-refractivity contribution in [1.82, 2.24) is 15.0 Å². The maximum absolute atomic E-state index is 5.74. The molecule has 0 radical (unpaired) electrons. The fourth-order valence-corrected chi connectivity index (χ4v) is 2.57. The van der Waals surface area contributed by atoms with Crippen molar-refractivity contribution < 1.29 is 0 Å². The maximum Gasteiger partial charge on any atom is 0.189 e. The number of hydrogen-bond donors (Lipinski definition) is 1. The molecule has 0 bridgehead atoms. The Hall–Kier alpha value is -1.07. The molecule has 0 aliphatic carbocycles. The summed E-state index contributed by atoms with van der Waals surface area (Å²) in [4.78, 5) is 13.8. The Morgan fingerprint density at radius 1 is 1.40 bits per heavy atom. The van der Waals surface area contributed by atoms with Gasteiger partial charge in [-0.15, -0.1) is 0 Å². The highest BCUT2D eigenvalue weighted by atomic mass is 32.1. The second-order valence-electron chi connectivity index (χ2n) is 3.46. The summed E-state index contributed by atoms with van der Waals surface area (Å²) in [5, 5.41) is 1.07. The lowest BCUT2D eigenvalue weighted by Gasteiger charge is -2.08. The molecular formula is C10H14N4S. The van der Waals surface area contributed by atoms with Gasteiger partial charge >= 0.3 is 0 Å². The van der Waals surface area contributed by atoms with E-state index in [0.717, 1.165) is 28.3 Å². The summed E-state index contributed by atoms with van der Waals surface area (Å²) in [6, 6.07) is 0. The summed E-state index contributed by atoms with van der Waals surface area (Å²) in [5.74, 6) is 0.357. The topological polar surface area (TPSA) is 64.7 Å². The Bertz CT molecular complexity index is 407. The third kappa shape index (κ3) is 2.13. The number of thiazole rings is 1. The Morgan fingerprint density at radius 3 is 2.87 bits per heavy atom. The third-order valence-corrected chi connectivity index (χ3v) is 3.45. The Balaban J connectivity index is 2.34. The van der Waals surface area contributed by atoms with Crippen molar-refractivity contribution in [3.8, 4) is 0 Å². The molecule has 0 aromatic carbocycles. The standard InChI is InChI=1S/C10H14N4S/c1-2-3-7(6-11)9-14-8-10(15-9)13-5-4-12-8/h4-5,7H,2-3,6,11H2,1H3. The van der Waals surface area contributed by atoms with Gasteiger partial charge in [-0.3, -0.25) is 0 Å². The molecule has 2 aromatic heterocycles. The van der Waals surface area contributed by atoms with Gasteiger partial charge in [0.15, 0.2) is 10.5 Å². The highest BCUT2D eigenvalue weighted by Gasteiger charge is 2.14. The molecule has 5 heteroatoms. The van der Waals surface area contributed by atoms with Crippen LogP contribution in [-0.4, -0.2) is 21.5 Å². The molecule has 2 aromatic rings. The predicted octanol–water partition coefficient (Wildman–Crippen LogP) is 1.93. The average molecular weight is 222 g/mol. The Morgan fingerprint density at radius 2 is 2.20 bits per heavy atom. The first-order chi connectivity index (χ1) is 7.35. The molecule has 0 aliphatic heterocycles. The SMILES string of the molecule is CCCC(CN)c1nc2nccnc2s1. The first-order valence-corrected chi connectivity index (χ1v) is 5.94. The van der Waals surface area contributed by atoms with Gasteiger partial charge in [-0.05, 0) is 6.42 Å². The second kappa shape index (κ2) is 4.63. The largest absolute Gasteiger partial charge is 0.330 e. The van der Waals surface area contributed by atoms with Gasteiger partial charge in [0.1, 0.15) is 5.01 Å². The smallest absolute Gasteiger partial charge is 0.189 e. The van der Waals surface area contributed by atoms with Crippen molar-refractivity contribution in [3.05, 3.63) is 17.4 Å². The first-order valence-electron chi connectivity index (χ1n) is 5.12. The average Bonchev–Trinajstić information content (AvgIpc) is 2.69. The molecule has 0 fully saturated rings. The van der Waals surface area contributed by atoms with Crippen molar-refractivity contribution >= 4 is 21.8 Å². The first kappa shape index (κ1) is 10.4. The van der Waals surface area contributed by atoms with Crippen LogP contribution in [0, 0.1) is 0 Å². The molecule has 0 aliphatic rings. The summed E-state index contributed by atoms with van der Waals surface area (Å²) in [6.45, 7) is 2.81. The molecule has 0 amide bonds. The number of aromatic nitrogens is 3. The van der Waals surface area contributed by atoms with Gasteiger partial charge in [-0.25, -0.2) is 15.0 Å². The zero-order valence-corrected chi connectivity index (χ0v) is 9.50. The summed E-state index contributed by atoms with van der Waals surface area (Å²) in [6.07, 6.45) is 5.57. The van der Waals surface area contributed by atoms with E-state index in [1.165, 1.54) is 0 Å². The molecule has 15 heavy (non-hydrogen) atoms.